The number of nitrogens with zero attached hydrogens (tertiary/aromatic N) is 1. The van der Waals surface area contributed by atoms with Crippen molar-refractivity contribution in [1.29, 1.82) is 0 Å². The lowest BCUT2D eigenvalue weighted by Gasteiger charge is -2.28. The molecule has 0 saturated heterocycles. The van der Waals surface area contributed by atoms with Crippen molar-refractivity contribution < 1.29 is 18.7 Å². The summed E-state index contributed by atoms with van der Waals surface area (Å²) >= 11 is 0. The Morgan fingerprint density at radius 3 is 2.59 bits per heavy atom. The highest BCUT2D eigenvalue weighted by atomic mass is 16.5. The number of hydrogen-bond donors (Lipinski definition) is 2. The van der Waals surface area contributed by atoms with Gasteiger partial charge in [0.1, 0.15) is 5.75 Å². The van der Waals surface area contributed by atoms with Crippen molar-refractivity contribution in [3.63, 3.8) is 0 Å². The summed E-state index contributed by atoms with van der Waals surface area (Å²) in [5, 5.41) is 5.62. The van der Waals surface area contributed by atoms with E-state index in [9.17, 15) is 9.59 Å². The molecule has 1 aromatic heterocycles. The maximum Gasteiger partial charge on any atom is 0.323 e. The van der Waals surface area contributed by atoms with Crippen LogP contribution in [0.2, 0.25) is 0 Å². The minimum Gasteiger partial charge on any atom is -0.497 e. The Kier molecular flexibility index (Phi) is 5.20. The van der Waals surface area contributed by atoms with Gasteiger partial charge in [0.25, 0.3) is 5.91 Å². The first-order valence-electron chi connectivity index (χ1n) is 9.29. The molecule has 148 valence electrons. The summed E-state index contributed by atoms with van der Waals surface area (Å²) in [6, 6.07) is 15.9. The first kappa shape index (κ1) is 18.6. The standard InChI is InChI=1S/C22H21N3O4/c1-28-19-5-2-4-17(13-19)23-22(27)24-18-8-7-15-9-10-25(14-16(15)12-18)21(26)20-6-3-11-29-20/h2-8,11-13H,9-10,14H2,1H3,(H2,23,24,27). The summed E-state index contributed by atoms with van der Waals surface area (Å²) in [4.78, 5) is 26.6. The Morgan fingerprint density at radius 2 is 1.83 bits per heavy atom. The van der Waals surface area contributed by atoms with E-state index < -0.39 is 0 Å². The Bertz CT molecular complexity index is 1030. The molecule has 3 amide bonds. The number of hydrogen-bond acceptors (Lipinski definition) is 4. The number of ether oxygens (including phenoxy) is 1. The number of nitrogens with one attached hydrogen (secondary N) is 2. The number of anilines is 2. The number of amides is 3. The van der Waals surface area contributed by atoms with Gasteiger partial charge in [0.15, 0.2) is 5.76 Å². The van der Waals surface area contributed by atoms with E-state index in [2.05, 4.69) is 10.6 Å². The second kappa shape index (κ2) is 8.10. The largest absolute Gasteiger partial charge is 0.497 e. The van der Waals surface area contributed by atoms with Gasteiger partial charge >= 0.3 is 6.03 Å². The predicted octanol–water partition coefficient (Wildman–Crippen LogP) is 4.13. The van der Waals surface area contributed by atoms with Gasteiger partial charge in [-0.1, -0.05) is 12.1 Å². The normalized spacial score (nSPS) is 12.8. The van der Waals surface area contributed by atoms with Crippen molar-refractivity contribution in [2.24, 2.45) is 0 Å². The zero-order valence-corrected chi connectivity index (χ0v) is 16.0. The van der Waals surface area contributed by atoms with Gasteiger partial charge in [-0.3, -0.25) is 4.79 Å². The molecule has 0 spiro atoms. The molecule has 0 bridgehead atoms. The van der Waals surface area contributed by atoms with Gasteiger partial charge in [-0.2, -0.15) is 0 Å². The van der Waals surface area contributed by atoms with Crippen LogP contribution in [0.5, 0.6) is 5.75 Å². The van der Waals surface area contributed by atoms with Crippen molar-refractivity contribution >= 4 is 23.3 Å². The predicted molar refractivity (Wildman–Crippen MR) is 109 cm³/mol. The second-order valence-corrected chi connectivity index (χ2v) is 6.75. The summed E-state index contributed by atoms with van der Waals surface area (Å²) in [6.07, 6.45) is 2.26. The highest BCUT2D eigenvalue weighted by Crippen LogP contribution is 2.24. The lowest BCUT2D eigenvalue weighted by Crippen LogP contribution is -2.35. The molecule has 7 nitrogen and oxygen atoms in total. The highest BCUT2D eigenvalue weighted by Gasteiger charge is 2.23. The fraction of sp³-hybridized carbons (Fsp3) is 0.182. The van der Waals surface area contributed by atoms with Crippen molar-refractivity contribution in [2.75, 3.05) is 24.3 Å². The maximum atomic E-state index is 12.5. The van der Waals surface area contributed by atoms with Crippen LogP contribution in [0, 0.1) is 0 Å². The van der Waals surface area contributed by atoms with Crippen LogP contribution < -0.4 is 15.4 Å². The van der Waals surface area contributed by atoms with Crippen LogP contribution in [0.1, 0.15) is 21.7 Å². The Labute approximate surface area is 168 Å². The van der Waals surface area contributed by atoms with Gasteiger partial charge < -0.3 is 24.7 Å². The van der Waals surface area contributed by atoms with E-state index in [1.807, 2.05) is 24.3 Å². The van der Waals surface area contributed by atoms with Crippen LogP contribution >= 0.6 is 0 Å². The molecule has 7 heteroatoms. The van der Waals surface area contributed by atoms with Gasteiger partial charge in [-0.25, -0.2) is 4.79 Å². The fourth-order valence-electron chi connectivity index (χ4n) is 3.36. The molecular weight excluding hydrogens is 370 g/mol. The fourth-order valence-corrected chi connectivity index (χ4v) is 3.36. The van der Waals surface area contributed by atoms with Crippen molar-refractivity contribution in [3.05, 3.63) is 77.7 Å². The first-order valence-corrected chi connectivity index (χ1v) is 9.29. The number of benzene rings is 2. The SMILES string of the molecule is COc1cccc(NC(=O)Nc2ccc3c(c2)CN(C(=O)c2ccco2)CC3)c1. The van der Waals surface area contributed by atoms with Crippen LogP contribution in [0.15, 0.2) is 65.3 Å². The molecule has 1 aliphatic heterocycles. The zero-order chi connectivity index (χ0) is 20.2. The van der Waals surface area contributed by atoms with Crippen LogP contribution in [0.4, 0.5) is 16.2 Å². The Hall–Kier alpha value is -3.74. The van der Waals surface area contributed by atoms with Crippen LogP contribution in [0.25, 0.3) is 0 Å². The average Bonchev–Trinajstić information content (AvgIpc) is 3.27. The molecule has 1 aliphatic rings. The van der Waals surface area contributed by atoms with Crippen LogP contribution in [0.3, 0.4) is 0 Å². The van der Waals surface area contributed by atoms with E-state index in [0.717, 1.165) is 12.0 Å². The molecule has 0 atom stereocenters. The molecule has 0 unspecified atom stereocenters. The van der Waals surface area contributed by atoms with E-state index in [0.29, 0.717) is 36.0 Å². The third-order valence-electron chi connectivity index (χ3n) is 4.82. The van der Waals surface area contributed by atoms with E-state index >= 15 is 0 Å². The van der Waals surface area contributed by atoms with Crippen molar-refractivity contribution in [3.8, 4) is 5.75 Å². The van der Waals surface area contributed by atoms with Crippen LogP contribution in [-0.4, -0.2) is 30.5 Å². The third kappa shape index (κ3) is 4.24. The average molecular weight is 391 g/mol. The van der Waals surface area contributed by atoms with Gasteiger partial charge in [0.2, 0.25) is 0 Å². The van der Waals surface area contributed by atoms with Gasteiger partial charge in [-0.05, 0) is 53.9 Å². The molecular formula is C22H21N3O4. The summed E-state index contributed by atoms with van der Waals surface area (Å²) < 4.78 is 10.4. The van der Waals surface area contributed by atoms with Crippen molar-refractivity contribution in [2.45, 2.75) is 13.0 Å². The molecule has 4 rings (SSSR count). The number of methoxy groups -OCH3 is 1. The summed E-state index contributed by atoms with van der Waals surface area (Å²) in [6.45, 7) is 1.11. The summed E-state index contributed by atoms with van der Waals surface area (Å²) in [7, 11) is 1.58. The Morgan fingerprint density at radius 1 is 1.00 bits per heavy atom. The monoisotopic (exact) mass is 391 g/mol. The third-order valence-corrected chi connectivity index (χ3v) is 4.82. The topological polar surface area (TPSA) is 83.8 Å². The lowest BCUT2D eigenvalue weighted by atomic mass is 9.99. The van der Waals surface area contributed by atoms with E-state index in [4.69, 9.17) is 9.15 Å². The zero-order valence-electron chi connectivity index (χ0n) is 16.0. The molecule has 29 heavy (non-hydrogen) atoms. The number of urea groups is 1. The van der Waals surface area contributed by atoms with Crippen LogP contribution in [-0.2, 0) is 13.0 Å². The number of rotatable bonds is 4. The molecule has 0 aliphatic carbocycles. The number of furan rings is 1. The van der Waals surface area contributed by atoms with E-state index in [-0.39, 0.29) is 11.9 Å². The highest BCUT2D eigenvalue weighted by molar-refractivity contribution is 6.00. The molecule has 2 aromatic carbocycles. The number of carbonyl (C=O) groups is 2. The maximum absolute atomic E-state index is 12.5. The van der Waals surface area contributed by atoms with Gasteiger partial charge in [0.05, 0.1) is 13.4 Å². The number of carbonyl (C=O) groups excluding carboxylic acids is 2. The number of fused-ring (bicyclic) bond motifs is 1. The summed E-state index contributed by atoms with van der Waals surface area (Å²) in [5.74, 6) is 0.869. The minimum absolute atomic E-state index is 0.130. The molecule has 0 fully saturated rings. The Balaban J connectivity index is 1.43. The smallest absolute Gasteiger partial charge is 0.323 e. The van der Waals surface area contributed by atoms with E-state index in [1.165, 1.54) is 11.8 Å². The van der Waals surface area contributed by atoms with Crippen molar-refractivity contribution in [1.82, 2.24) is 4.90 Å². The molecule has 0 radical (unpaired) electrons. The molecule has 3 aromatic rings. The molecule has 2 N–H and O–H groups in total. The van der Waals surface area contributed by atoms with Gasteiger partial charge in [-0.15, -0.1) is 0 Å². The van der Waals surface area contributed by atoms with Gasteiger partial charge in [0, 0.05) is 30.5 Å². The summed E-state index contributed by atoms with van der Waals surface area (Å²) in [5.41, 5.74) is 3.48. The second-order valence-electron chi connectivity index (χ2n) is 6.75. The minimum atomic E-state index is -0.350. The molecule has 0 saturated carbocycles. The van der Waals surface area contributed by atoms with E-state index in [1.54, 1.807) is 42.3 Å². The first-order chi connectivity index (χ1) is 14.1. The molecule has 2 heterocycles. The quantitative estimate of drug-likeness (QED) is 0.700. The lowest BCUT2D eigenvalue weighted by molar-refractivity contribution is 0.0702.